The summed E-state index contributed by atoms with van der Waals surface area (Å²) in [5.74, 6) is 0.685. The summed E-state index contributed by atoms with van der Waals surface area (Å²) in [6, 6.07) is 1.58. The molecule has 1 amide bonds. The van der Waals surface area contributed by atoms with Gasteiger partial charge >= 0.3 is 12.3 Å². The molecule has 1 spiro atoms. The molecule has 0 bridgehead atoms. The predicted molar refractivity (Wildman–Crippen MR) is 113 cm³/mol. The second-order valence-corrected chi connectivity index (χ2v) is 10.7. The molecule has 2 aromatic rings. The number of carbonyl (C=O) groups is 1. The summed E-state index contributed by atoms with van der Waals surface area (Å²) in [5, 5.41) is 0.672. The van der Waals surface area contributed by atoms with Gasteiger partial charge in [-0.2, -0.15) is 13.2 Å². The highest BCUT2D eigenvalue weighted by Crippen LogP contribution is 2.42. The highest BCUT2D eigenvalue weighted by atomic mass is 32.1. The van der Waals surface area contributed by atoms with Gasteiger partial charge in [-0.3, -0.25) is 0 Å². The summed E-state index contributed by atoms with van der Waals surface area (Å²) in [6.07, 6.45) is -1.26. The van der Waals surface area contributed by atoms with E-state index in [-0.39, 0.29) is 16.4 Å². The Labute approximate surface area is 183 Å². The van der Waals surface area contributed by atoms with Crippen LogP contribution in [-0.2, 0) is 11.2 Å². The van der Waals surface area contributed by atoms with E-state index >= 15 is 0 Å². The number of anilines is 1. The van der Waals surface area contributed by atoms with Crippen LogP contribution in [-0.4, -0.2) is 58.9 Å². The number of amides is 1. The summed E-state index contributed by atoms with van der Waals surface area (Å²) < 4.78 is 44.1. The molecule has 31 heavy (non-hydrogen) atoms. The van der Waals surface area contributed by atoms with Gasteiger partial charge in [0.15, 0.2) is 0 Å². The van der Waals surface area contributed by atoms with E-state index in [9.17, 15) is 18.0 Å². The minimum atomic E-state index is -4.25. The first kappa shape index (κ1) is 22.1. The largest absolute Gasteiger partial charge is 0.444 e. The van der Waals surface area contributed by atoms with E-state index < -0.39 is 18.2 Å². The number of hydrogen-bond donors (Lipinski definition) is 0. The van der Waals surface area contributed by atoms with Crippen LogP contribution in [0.4, 0.5) is 23.8 Å². The van der Waals surface area contributed by atoms with Gasteiger partial charge < -0.3 is 14.5 Å². The molecular weight excluding hydrogens is 429 g/mol. The van der Waals surface area contributed by atoms with Crippen molar-refractivity contribution in [3.05, 3.63) is 17.3 Å². The molecule has 2 aliphatic rings. The number of likely N-dealkylation sites (tertiary alicyclic amines) is 1. The van der Waals surface area contributed by atoms with E-state index in [4.69, 9.17) is 4.74 Å². The first-order valence-electron chi connectivity index (χ1n) is 10.5. The molecule has 1 unspecified atom stereocenters. The number of piperidine rings is 1. The number of nitrogens with zero attached hydrogens (tertiary/aromatic N) is 4. The summed E-state index contributed by atoms with van der Waals surface area (Å²) in [6.45, 7) is 8.33. The summed E-state index contributed by atoms with van der Waals surface area (Å²) in [7, 11) is 0. The van der Waals surface area contributed by atoms with Crippen LogP contribution >= 0.6 is 11.3 Å². The fourth-order valence-electron chi connectivity index (χ4n) is 4.57. The number of hydrogen-bond acceptors (Lipinski definition) is 6. The third kappa shape index (κ3) is 5.05. The molecule has 0 N–H and O–H groups in total. The third-order valence-electron chi connectivity index (χ3n) is 5.79. The van der Waals surface area contributed by atoms with Crippen molar-refractivity contribution in [1.29, 1.82) is 0 Å². The second kappa shape index (κ2) is 7.79. The molecule has 0 aliphatic carbocycles. The Balaban J connectivity index is 1.53. The van der Waals surface area contributed by atoms with E-state index in [0.29, 0.717) is 35.7 Å². The van der Waals surface area contributed by atoms with Crippen LogP contribution in [0.25, 0.3) is 10.2 Å². The van der Waals surface area contributed by atoms with Gasteiger partial charge in [0.1, 0.15) is 22.6 Å². The van der Waals surface area contributed by atoms with Gasteiger partial charge in [0.05, 0.1) is 11.8 Å². The van der Waals surface area contributed by atoms with E-state index in [0.717, 1.165) is 37.1 Å². The van der Waals surface area contributed by atoms with Crippen molar-refractivity contribution in [2.24, 2.45) is 5.41 Å². The van der Waals surface area contributed by atoms with Crippen molar-refractivity contribution in [2.75, 3.05) is 31.1 Å². The number of aromatic nitrogens is 2. The minimum absolute atomic E-state index is 0.0583. The number of fused-ring (bicyclic) bond motifs is 1. The highest BCUT2D eigenvalue weighted by Gasteiger charge is 2.44. The van der Waals surface area contributed by atoms with Crippen LogP contribution in [0.3, 0.4) is 0 Å². The van der Waals surface area contributed by atoms with Gasteiger partial charge in [0.25, 0.3) is 0 Å². The van der Waals surface area contributed by atoms with Crippen molar-refractivity contribution in [3.63, 3.8) is 0 Å². The van der Waals surface area contributed by atoms with Crippen molar-refractivity contribution in [3.8, 4) is 0 Å². The zero-order valence-corrected chi connectivity index (χ0v) is 18.8. The fraction of sp³-hybridized carbons (Fsp3) is 0.667. The average molecular weight is 457 g/mol. The molecule has 4 heterocycles. The zero-order valence-electron chi connectivity index (χ0n) is 18.0. The summed E-state index contributed by atoms with van der Waals surface area (Å²) >= 11 is 1.07. The molecular formula is C21H27F3N4O2S. The molecule has 6 nitrogen and oxygen atoms in total. The highest BCUT2D eigenvalue weighted by molar-refractivity contribution is 7.18. The second-order valence-electron chi connectivity index (χ2n) is 9.60. The summed E-state index contributed by atoms with van der Waals surface area (Å²) in [5.41, 5.74) is -0.595. The fourth-order valence-corrected chi connectivity index (χ4v) is 5.59. The normalized spacial score (nSPS) is 22.5. The van der Waals surface area contributed by atoms with E-state index in [1.54, 1.807) is 11.0 Å². The maximum Gasteiger partial charge on any atom is 0.410 e. The maximum atomic E-state index is 12.8. The Hall–Kier alpha value is -2.10. The Bertz CT molecular complexity index is 972. The SMILES string of the molecule is CC(C)(C)OC(=O)N1CCC2(CCCN(c3ncnc4sc(CC(F)(F)F)cc34)C2)C1. The number of alkyl halides is 3. The van der Waals surface area contributed by atoms with Gasteiger partial charge in [-0.05, 0) is 46.1 Å². The maximum absolute atomic E-state index is 12.8. The molecule has 170 valence electrons. The number of rotatable bonds is 2. The van der Waals surface area contributed by atoms with Gasteiger partial charge in [0.2, 0.25) is 0 Å². The molecule has 0 aromatic carbocycles. The van der Waals surface area contributed by atoms with E-state index in [1.807, 2.05) is 20.8 Å². The molecule has 0 saturated carbocycles. The molecule has 0 radical (unpaired) electrons. The number of carbonyl (C=O) groups excluding carboxylic acids is 1. The van der Waals surface area contributed by atoms with Gasteiger partial charge in [0, 0.05) is 36.5 Å². The van der Waals surface area contributed by atoms with Crippen LogP contribution in [0, 0.1) is 5.41 Å². The van der Waals surface area contributed by atoms with Gasteiger partial charge in [-0.15, -0.1) is 11.3 Å². The predicted octanol–water partition coefficient (Wildman–Crippen LogP) is 5.02. The van der Waals surface area contributed by atoms with E-state index in [1.165, 1.54) is 6.33 Å². The molecule has 10 heteroatoms. The Morgan fingerprint density at radius 3 is 2.68 bits per heavy atom. The summed E-state index contributed by atoms with van der Waals surface area (Å²) in [4.78, 5) is 25.9. The van der Waals surface area contributed by atoms with Crippen molar-refractivity contribution in [2.45, 2.75) is 58.2 Å². The minimum Gasteiger partial charge on any atom is -0.444 e. The first-order chi connectivity index (χ1) is 14.4. The van der Waals surface area contributed by atoms with Gasteiger partial charge in [-0.25, -0.2) is 14.8 Å². The monoisotopic (exact) mass is 456 g/mol. The Morgan fingerprint density at radius 2 is 1.97 bits per heavy atom. The average Bonchev–Trinajstić information content (AvgIpc) is 3.22. The van der Waals surface area contributed by atoms with Crippen molar-refractivity contribution >= 4 is 33.5 Å². The smallest absolute Gasteiger partial charge is 0.410 e. The Morgan fingerprint density at radius 1 is 1.19 bits per heavy atom. The van der Waals surface area contributed by atoms with E-state index in [2.05, 4.69) is 14.9 Å². The first-order valence-corrected chi connectivity index (χ1v) is 11.3. The lowest BCUT2D eigenvalue weighted by Gasteiger charge is -2.41. The van der Waals surface area contributed by atoms with Crippen LogP contribution in [0.2, 0.25) is 0 Å². The zero-order chi connectivity index (χ0) is 22.4. The molecule has 2 aromatic heterocycles. The molecule has 2 saturated heterocycles. The number of thiophene rings is 1. The lowest BCUT2D eigenvalue weighted by atomic mass is 9.79. The molecule has 2 aliphatic heterocycles. The molecule has 2 fully saturated rings. The lowest BCUT2D eigenvalue weighted by molar-refractivity contribution is -0.126. The van der Waals surface area contributed by atoms with Crippen LogP contribution < -0.4 is 4.90 Å². The van der Waals surface area contributed by atoms with Crippen molar-refractivity contribution < 1.29 is 22.7 Å². The van der Waals surface area contributed by atoms with Crippen LogP contribution in [0.15, 0.2) is 12.4 Å². The van der Waals surface area contributed by atoms with Gasteiger partial charge in [-0.1, -0.05) is 0 Å². The molecule has 4 rings (SSSR count). The quantitative estimate of drug-likeness (QED) is 0.635. The Kier molecular flexibility index (Phi) is 5.56. The lowest BCUT2D eigenvalue weighted by Crippen LogP contribution is -2.46. The van der Waals surface area contributed by atoms with Crippen molar-refractivity contribution in [1.82, 2.24) is 14.9 Å². The van der Waals surface area contributed by atoms with Crippen LogP contribution in [0.5, 0.6) is 0 Å². The molecule has 1 atom stereocenters. The topological polar surface area (TPSA) is 58.6 Å². The number of halogens is 3. The number of ether oxygens (including phenoxy) is 1. The standard InChI is InChI=1S/C21H27F3N4O2S/c1-19(2,3)30-18(29)28-8-6-20(12-28)5-4-7-27(11-20)16-15-9-14(10-21(22,23)24)31-17(15)26-13-25-16/h9,13H,4-8,10-12H2,1-3H3. The third-order valence-corrected chi connectivity index (χ3v) is 6.83. The van der Waals surface area contributed by atoms with Crippen LogP contribution in [0.1, 0.15) is 44.9 Å².